The highest BCUT2D eigenvalue weighted by Gasteiger charge is 2.21. The Morgan fingerprint density at radius 1 is 1.57 bits per heavy atom. The van der Waals surface area contributed by atoms with Gasteiger partial charge >= 0.3 is 0 Å². The normalized spacial score (nSPS) is 20.4. The first-order valence-corrected chi connectivity index (χ1v) is 5.25. The van der Waals surface area contributed by atoms with Crippen molar-refractivity contribution in [2.45, 2.75) is 6.04 Å². The number of halogens is 2. The van der Waals surface area contributed by atoms with Crippen molar-refractivity contribution < 1.29 is 4.74 Å². The highest BCUT2D eigenvalue weighted by molar-refractivity contribution is 9.10. The van der Waals surface area contributed by atoms with Gasteiger partial charge in [-0.2, -0.15) is 0 Å². The van der Waals surface area contributed by atoms with Crippen LogP contribution in [0.15, 0.2) is 27.7 Å². The van der Waals surface area contributed by atoms with Gasteiger partial charge in [-0.15, -0.1) is 0 Å². The van der Waals surface area contributed by atoms with Crippen molar-refractivity contribution in [1.29, 1.82) is 0 Å². The molecular formula is C9H8BrClN2O. The number of hydrogen-bond acceptors (Lipinski definition) is 3. The zero-order chi connectivity index (χ0) is 10.1. The predicted octanol–water partition coefficient (Wildman–Crippen LogP) is 2.49. The SMILES string of the molecule is NC1=NC(c2cc(Br)ccc2Cl)CO1. The molecule has 14 heavy (non-hydrogen) atoms. The van der Waals surface area contributed by atoms with Crippen LogP contribution in [0.1, 0.15) is 11.6 Å². The smallest absolute Gasteiger partial charge is 0.282 e. The molecule has 0 fully saturated rings. The van der Waals surface area contributed by atoms with Crippen LogP contribution in [0.2, 0.25) is 5.02 Å². The molecule has 0 saturated heterocycles. The molecule has 0 amide bonds. The molecule has 5 heteroatoms. The van der Waals surface area contributed by atoms with Crippen LogP contribution in [0.25, 0.3) is 0 Å². The lowest BCUT2D eigenvalue weighted by Crippen LogP contribution is -2.10. The number of amidine groups is 1. The minimum atomic E-state index is -0.0833. The summed E-state index contributed by atoms with van der Waals surface area (Å²) in [4.78, 5) is 4.13. The van der Waals surface area contributed by atoms with Gasteiger partial charge in [0, 0.05) is 9.50 Å². The van der Waals surface area contributed by atoms with E-state index in [2.05, 4.69) is 20.9 Å². The minimum Gasteiger partial charge on any atom is -0.463 e. The zero-order valence-electron chi connectivity index (χ0n) is 7.21. The molecule has 0 bridgehead atoms. The minimum absolute atomic E-state index is 0.0833. The number of nitrogens with zero attached hydrogens (tertiary/aromatic N) is 1. The molecule has 1 unspecified atom stereocenters. The van der Waals surface area contributed by atoms with Gasteiger partial charge in [0.2, 0.25) is 0 Å². The van der Waals surface area contributed by atoms with E-state index in [1.807, 2.05) is 18.2 Å². The molecule has 1 heterocycles. The molecule has 1 atom stereocenters. The molecule has 2 N–H and O–H groups in total. The van der Waals surface area contributed by atoms with Crippen LogP contribution in [0.3, 0.4) is 0 Å². The maximum absolute atomic E-state index is 6.04. The Balaban J connectivity index is 2.36. The van der Waals surface area contributed by atoms with Gasteiger partial charge in [-0.25, -0.2) is 4.99 Å². The molecule has 1 aromatic rings. The number of hydrogen-bond donors (Lipinski definition) is 1. The molecule has 0 aliphatic carbocycles. The molecule has 1 aliphatic rings. The molecule has 1 aromatic carbocycles. The number of nitrogens with two attached hydrogens (primary N) is 1. The third-order valence-electron chi connectivity index (χ3n) is 1.99. The van der Waals surface area contributed by atoms with Crippen LogP contribution in [0.5, 0.6) is 0 Å². The summed E-state index contributed by atoms with van der Waals surface area (Å²) >= 11 is 9.42. The van der Waals surface area contributed by atoms with E-state index in [9.17, 15) is 0 Å². The molecule has 2 rings (SSSR count). The van der Waals surface area contributed by atoms with E-state index >= 15 is 0 Å². The van der Waals surface area contributed by atoms with E-state index in [0.717, 1.165) is 10.0 Å². The summed E-state index contributed by atoms with van der Waals surface area (Å²) in [7, 11) is 0. The van der Waals surface area contributed by atoms with Crippen molar-refractivity contribution in [2.75, 3.05) is 6.61 Å². The van der Waals surface area contributed by atoms with Gasteiger partial charge in [0.15, 0.2) is 0 Å². The number of ether oxygens (including phenoxy) is 1. The second-order valence-electron chi connectivity index (χ2n) is 2.96. The van der Waals surface area contributed by atoms with Gasteiger partial charge in [-0.3, -0.25) is 0 Å². The number of aliphatic imine (C=N–C) groups is 1. The van der Waals surface area contributed by atoms with Gasteiger partial charge < -0.3 is 10.5 Å². The topological polar surface area (TPSA) is 47.6 Å². The van der Waals surface area contributed by atoms with Crippen molar-refractivity contribution in [3.05, 3.63) is 33.3 Å². The Hall–Kier alpha value is -0.740. The fraction of sp³-hybridized carbons (Fsp3) is 0.222. The Morgan fingerprint density at radius 2 is 2.36 bits per heavy atom. The highest BCUT2D eigenvalue weighted by Crippen LogP contribution is 2.30. The molecule has 3 nitrogen and oxygen atoms in total. The first kappa shape index (κ1) is 9.80. The van der Waals surface area contributed by atoms with Crippen LogP contribution in [0.4, 0.5) is 0 Å². The summed E-state index contributed by atoms with van der Waals surface area (Å²) in [5, 5.41) is 0.681. The van der Waals surface area contributed by atoms with Crippen molar-refractivity contribution in [3.8, 4) is 0 Å². The summed E-state index contributed by atoms with van der Waals surface area (Å²) < 4.78 is 6.04. The van der Waals surface area contributed by atoms with Gasteiger partial charge in [-0.05, 0) is 23.8 Å². The predicted molar refractivity (Wildman–Crippen MR) is 59.5 cm³/mol. The summed E-state index contributed by atoms with van der Waals surface area (Å²) in [6, 6.07) is 5.78. The van der Waals surface area contributed by atoms with Crippen LogP contribution >= 0.6 is 27.5 Å². The van der Waals surface area contributed by atoms with E-state index in [0.29, 0.717) is 11.6 Å². The molecule has 74 valence electrons. The standard InChI is InChI=1S/C9H8BrClN2O/c10-5-1-2-7(11)6(3-5)8-4-14-9(12)13-8/h1-3,8H,4H2,(H2,12,13). The lowest BCUT2D eigenvalue weighted by molar-refractivity contribution is 0.315. The molecule has 0 spiro atoms. The van der Waals surface area contributed by atoms with E-state index in [1.54, 1.807) is 0 Å². The molecule has 1 aliphatic heterocycles. The zero-order valence-corrected chi connectivity index (χ0v) is 9.55. The van der Waals surface area contributed by atoms with Crippen molar-refractivity contribution in [1.82, 2.24) is 0 Å². The Bertz CT molecular complexity index is 394. The highest BCUT2D eigenvalue weighted by atomic mass is 79.9. The Kier molecular flexibility index (Phi) is 2.65. The maximum atomic E-state index is 6.04. The average molecular weight is 276 g/mol. The molecule has 0 aromatic heterocycles. The Labute approximate surface area is 95.0 Å². The second kappa shape index (κ2) is 3.79. The van der Waals surface area contributed by atoms with Crippen LogP contribution < -0.4 is 5.73 Å². The molecular weight excluding hydrogens is 267 g/mol. The van der Waals surface area contributed by atoms with Crippen LogP contribution in [-0.2, 0) is 4.74 Å². The Morgan fingerprint density at radius 3 is 3.00 bits per heavy atom. The van der Waals surface area contributed by atoms with E-state index in [1.165, 1.54) is 0 Å². The summed E-state index contributed by atoms with van der Waals surface area (Å²) in [5.41, 5.74) is 6.36. The fourth-order valence-corrected chi connectivity index (χ4v) is 1.94. The monoisotopic (exact) mass is 274 g/mol. The maximum Gasteiger partial charge on any atom is 0.282 e. The van der Waals surface area contributed by atoms with Gasteiger partial charge in [0.1, 0.15) is 12.6 Å². The molecule has 0 radical (unpaired) electrons. The fourth-order valence-electron chi connectivity index (χ4n) is 1.32. The van der Waals surface area contributed by atoms with Crippen molar-refractivity contribution >= 4 is 33.6 Å². The van der Waals surface area contributed by atoms with Crippen molar-refractivity contribution in [2.24, 2.45) is 10.7 Å². The molecule has 0 saturated carbocycles. The van der Waals surface area contributed by atoms with E-state index < -0.39 is 0 Å². The van der Waals surface area contributed by atoms with Gasteiger partial charge in [0.05, 0.1) is 0 Å². The third kappa shape index (κ3) is 1.86. The first-order chi connectivity index (χ1) is 6.66. The van der Waals surface area contributed by atoms with E-state index in [-0.39, 0.29) is 12.1 Å². The first-order valence-electron chi connectivity index (χ1n) is 4.08. The lowest BCUT2D eigenvalue weighted by atomic mass is 10.1. The lowest BCUT2D eigenvalue weighted by Gasteiger charge is -2.07. The summed E-state index contributed by atoms with van der Waals surface area (Å²) in [6.07, 6.45) is 0. The van der Waals surface area contributed by atoms with Crippen LogP contribution in [0, 0.1) is 0 Å². The summed E-state index contributed by atoms with van der Waals surface area (Å²) in [6.45, 7) is 0.460. The third-order valence-corrected chi connectivity index (χ3v) is 2.83. The van der Waals surface area contributed by atoms with E-state index in [4.69, 9.17) is 22.1 Å². The average Bonchev–Trinajstić information content (AvgIpc) is 2.56. The van der Waals surface area contributed by atoms with Crippen molar-refractivity contribution in [3.63, 3.8) is 0 Å². The quantitative estimate of drug-likeness (QED) is 0.856. The number of benzene rings is 1. The second-order valence-corrected chi connectivity index (χ2v) is 4.28. The van der Waals surface area contributed by atoms with Gasteiger partial charge in [-0.1, -0.05) is 27.5 Å². The largest absolute Gasteiger partial charge is 0.463 e. The summed E-state index contributed by atoms with van der Waals surface area (Å²) in [5.74, 6) is 0. The van der Waals surface area contributed by atoms with Gasteiger partial charge in [0.25, 0.3) is 6.02 Å². The van der Waals surface area contributed by atoms with Crippen LogP contribution in [-0.4, -0.2) is 12.6 Å². The number of rotatable bonds is 1.